The number of ether oxygens (including phenoxy) is 3. The maximum Gasteiger partial charge on any atom is 0.253 e. The molecule has 3 N–H and O–H groups in total. The second kappa shape index (κ2) is 7.40. The Hall–Kier alpha value is -2.89. The molecule has 1 amide bonds. The van der Waals surface area contributed by atoms with Gasteiger partial charge in [-0.1, -0.05) is 30.3 Å². The molecule has 122 valence electrons. The Kier molecular flexibility index (Phi) is 5.30. The largest absolute Gasteiger partial charge is 0.493 e. The van der Waals surface area contributed by atoms with E-state index in [1.807, 2.05) is 30.3 Å². The van der Waals surface area contributed by atoms with Gasteiger partial charge in [0.25, 0.3) is 5.91 Å². The molecule has 0 bridgehead atoms. The van der Waals surface area contributed by atoms with Crippen molar-refractivity contribution in [1.29, 1.82) is 0 Å². The number of nitrogen functional groups attached to an aromatic ring is 1. The monoisotopic (exact) mass is 316 g/mol. The Morgan fingerprint density at radius 2 is 1.70 bits per heavy atom. The van der Waals surface area contributed by atoms with Crippen LogP contribution in [-0.2, 0) is 6.54 Å². The van der Waals surface area contributed by atoms with E-state index in [2.05, 4.69) is 5.32 Å². The Morgan fingerprint density at radius 1 is 1.04 bits per heavy atom. The first-order valence-corrected chi connectivity index (χ1v) is 7.03. The van der Waals surface area contributed by atoms with Crippen molar-refractivity contribution in [2.45, 2.75) is 6.54 Å². The Bertz CT molecular complexity index is 687. The molecule has 0 heterocycles. The molecule has 2 rings (SSSR count). The number of rotatable bonds is 6. The molecule has 0 radical (unpaired) electrons. The van der Waals surface area contributed by atoms with Gasteiger partial charge in [0.1, 0.15) is 0 Å². The molecular formula is C17H20N2O4. The number of hydrogen-bond donors (Lipinski definition) is 2. The number of nitrogens with two attached hydrogens (primary N) is 1. The first-order valence-electron chi connectivity index (χ1n) is 7.03. The summed E-state index contributed by atoms with van der Waals surface area (Å²) >= 11 is 0. The highest BCUT2D eigenvalue weighted by Gasteiger charge is 2.22. The number of carbonyl (C=O) groups excluding carboxylic acids is 1. The summed E-state index contributed by atoms with van der Waals surface area (Å²) in [7, 11) is 4.42. The normalized spacial score (nSPS) is 10.0. The summed E-state index contributed by atoms with van der Waals surface area (Å²) in [6, 6.07) is 11.1. The van der Waals surface area contributed by atoms with Gasteiger partial charge in [-0.25, -0.2) is 0 Å². The zero-order valence-corrected chi connectivity index (χ0v) is 13.4. The SMILES string of the molecule is COc1cc(C(=O)NCc2ccccc2)c(N)c(OC)c1OC. The minimum Gasteiger partial charge on any atom is -0.493 e. The molecule has 0 aliphatic rings. The minimum absolute atomic E-state index is 0.204. The third-order valence-electron chi connectivity index (χ3n) is 3.41. The zero-order chi connectivity index (χ0) is 16.8. The number of carbonyl (C=O) groups is 1. The van der Waals surface area contributed by atoms with Gasteiger partial charge in [0, 0.05) is 6.54 Å². The predicted molar refractivity (Wildman–Crippen MR) is 88.1 cm³/mol. The van der Waals surface area contributed by atoms with E-state index >= 15 is 0 Å². The number of amides is 1. The van der Waals surface area contributed by atoms with Gasteiger partial charge < -0.3 is 25.3 Å². The summed E-state index contributed by atoms with van der Waals surface area (Å²) in [4.78, 5) is 12.4. The highest BCUT2D eigenvalue weighted by molar-refractivity contribution is 6.01. The predicted octanol–water partition coefficient (Wildman–Crippen LogP) is 2.22. The van der Waals surface area contributed by atoms with Crippen molar-refractivity contribution in [1.82, 2.24) is 5.32 Å². The first kappa shape index (κ1) is 16.5. The van der Waals surface area contributed by atoms with Crippen molar-refractivity contribution in [2.24, 2.45) is 0 Å². The lowest BCUT2D eigenvalue weighted by Gasteiger charge is -2.17. The smallest absolute Gasteiger partial charge is 0.253 e. The molecular weight excluding hydrogens is 296 g/mol. The van der Waals surface area contributed by atoms with Gasteiger partial charge >= 0.3 is 0 Å². The van der Waals surface area contributed by atoms with E-state index in [1.165, 1.54) is 27.4 Å². The molecule has 2 aromatic rings. The van der Waals surface area contributed by atoms with Gasteiger partial charge in [0.05, 0.1) is 32.6 Å². The molecule has 2 aromatic carbocycles. The highest BCUT2D eigenvalue weighted by atomic mass is 16.5. The van der Waals surface area contributed by atoms with Gasteiger partial charge in [-0.15, -0.1) is 0 Å². The summed E-state index contributed by atoms with van der Waals surface area (Å²) in [5.41, 5.74) is 7.51. The lowest BCUT2D eigenvalue weighted by molar-refractivity contribution is 0.0951. The van der Waals surface area contributed by atoms with E-state index in [0.717, 1.165) is 5.56 Å². The number of methoxy groups -OCH3 is 3. The lowest BCUT2D eigenvalue weighted by Crippen LogP contribution is -2.24. The number of hydrogen-bond acceptors (Lipinski definition) is 5. The van der Waals surface area contributed by atoms with Crippen LogP contribution >= 0.6 is 0 Å². The maximum absolute atomic E-state index is 12.4. The van der Waals surface area contributed by atoms with Crippen LogP contribution < -0.4 is 25.3 Å². The molecule has 0 fully saturated rings. The average Bonchev–Trinajstić information content (AvgIpc) is 2.59. The van der Waals surface area contributed by atoms with Crippen molar-refractivity contribution in [3.63, 3.8) is 0 Å². The van der Waals surface area contributed by atoms with Crippen LogP contribution in [0.2, 0.25) is 0 Å². The van der Waals surface area contributed by atoms with E-state index < -0.39 is 0 Å². The fourth-order valence-corrected chi connectivity index (χ4v) is 2.24. The van der Waals surface area contributed by atoms with Crippen molar-refractivity contribution in [3.05, 3.63) is 47.5 Å². The quantitative estimate of drug-likeness (QED) is 0.799. The molecule has 0 atom stereocenters. The molecule has 0 saturated heterocycles. The number of benzene rings is 2. The van der Waals surface area contributed by atoms with Crippen molar-refractivity contribution in [2.75, 3.05) is 27.1 Å². The fourth-order valence-electron chi connectivity index (χ4n) is 2.24. The molecule has 23 heavy (non-hydrogen) atoms. The molecule has 6 nitrogen and oxygen atoms in total. The molecule has 0 aliphatic carbocycles. The van der Waals surface area contributed by atoms with Gasteiger partial charge in [-0.2, -0.15) is 0 Å². The van der Waals surface area contributed by atoms with Crippen LogP contribution in [0.5, 0.6) is 17.2 Å². The van der Waals surface area contributed by atoms with Crippen molar-refractivity contribution < 1.29 is 19.0 Å². The van der Waals surface area contributed by atoms with E-state index in [-0.39, 0.29) is 22.9 Å². The van der Waals surface area contributed by atoms with Crippen molar-refractivity contribution >= 4 is 11.6 Å². The fraction of sp³-hybridized carbons (Fsp3) is 0.235. The summed E-state index contributed by atoms with van der Waals surface area (Å²) in [5, 5.41) is 2.83. The van der Waals surface area contributed by atoms with Gasteiger partial charge in [-0.3, -0.25) is 4.79 Å². The Balaban J connectivity index is 2.29. The van der Waals surface area contributed by atoms with Crippen LogP contribution in [0, 0.1) is 0 Å². The van der Waals surface area contributed by atoms with Gasteiger partial charge in [0.15, 0.2) is 11.5 Å². The zero-order valence-electron chi connectivity index (χ0n) is 13.4. The molecule has 0 aromatic heterocycles. The van der Waals surface area contributed by atoms with Crippen LogP contribution in [0.3, 0.4) is 0 Å². The van der Waals surface area contributed by atoms with Crippen LogP contribution in [0.15, 0.2) is 36.4 Å². The second-order valence-electron chi connectivity index (χ2n) is 4.77. The molecule has 6 heteroatoms. The van der Waals surface area contributed by atoms with Gasteiger partial charge in [0.2, 0.25) is 5.75 Å². The molecule has 0 aliphatic heterocycles. The summed E-state index contributed by atoms with van der Waals surface area (Å²) in [6.45, 7) is 0.399. The number of nitrogens with one attached hydrogen (secondary N) is 1. The Morgan fingerprint density at radius 3 is 2.26 bits per heavy atom. The standard InChI is InChI=1S/C17H20N2O4/c1-21-13-9-12(14(18)16(23-3)15(13)22-2)17(20)19-10-11-7-5-4-6-8-11/h4-9H,10,18H2,1-3H3,(H,19,20). The topological polar surface area (TPSA) is 82.8 Å². The van der Waals surface area contributed by atoms with Crippen LogP contribution in [-0.4, -0.2) is 27.2 Å². The third kappa shape index (κ3) is 3.48. The van der Waals surface area contributed by atoms with E-state index in [9.17, 15) is 4.79 Å². The van der Waals surface area contributed by atoms with E-state index in [1.54, 1.807) is 0 Å². The molecule has 0 spiro atoms. The second-order valence-corrected chi connectivity index (χ2v) is 4.77. The van der Waals surface area contributed by atoms with Crippen LogP contribution in [0.1, 0.15) is 15.9 Å². The highest BCUT2D eigenvalue weighted by Crippen LogP contribution is 2.43. The summed E-state index contributed by atoms with van der Waals surface area (Å²) < 4.78 is 15.7. The van der Waals surface area contributed by atoms with Gasteiger partial charge in [-0.05, 0) is 11.6 Å². The summed E-state index contributed by atoms with van der Waals surface area (Å²) in [5.74, 6) is 0.692. The third-order valence-corrected chi connectivity index (χ3v) is 3.41. The van der Waals surface area contributed by atoms with Crippen molar-refractivity contribution in [3.8, 4) is 17.2 Å². The number of anilines is 1. The minimum atomic E-state index is -0.314. The molecule has 0 unspecified atom stereocenters. The maximum atomic E-state index is 12.4. The first-order chi connectivity index (χ1) is 11.1. The van der Waals surface area contributed by atoms with E-state index in [4.69, 9.17) is 19.9 Å². The lowest BCUT2D eigenvalue weighted by atomic mass is 10.1. The molecule has 0 saturated carbocycles. The van der Waals surface area contributed by atoms with E-state index in [0.29, 0.717) is 18.0 Å². The van der Waals surface area contributed by atoms with Crippen LogP contribution in [0.4, 0.5) is 5.69 Å². The summed E-state index contributed by atoms with van der Waals surface area (Å²) in [6.07, 6.45) is 0. The van der Waals surface area contributed by atoms with Crippen LogP contribution in [0.25, 0.3) is 0 Å². The Labute approximate surface area is 135 Å². The average molecular weight is 316 g/mol.